The Labute approximate surface area is 144 Å². The van der Waals surface area contributed by atoms with Crippen LogP contribution in [0.5, 0.6) is 0 Å². The van der Waals surface area contributed by atoms with Gasteiger partial charge in [0.2, 0.25) is 11.8 Å². The summed E-state index contributed by atoms with van der Waals surface area (Å²) in [6, 6.07) is 8.35. The summed E-state index contributed by atoms with van der Waals surface area (Å²) in [5.41, 5.74) is 0.420. The third kappa shape index (κ3) is 4.38. The monoisotopic (exact) mass is 365 g/mol. The summed E-state index contributed by atoms with van der Waals surface area (Å²) in [5, 5.41) is 10.0. The van der Waals surface area contributed by atoms with Crippen LogP contribution >= 0.6 is 11.8 Å². The minimum Gasteiger partial charge on any atom is -0.411 e. The van der Waals surface area contributed by atoms with Gasteiger partial charge in [-0.05, 0) is 36.4 Å². The maximum absolute atomic E-state index is 13.5. The molecule has 9 heteroatoms. The number of nitrogens with one attached hydrogen (secondary N) is 1. The number of thioether (sulfide) groups is 1. The van der Waals surface area contributed by atoms with Gasteiger partial charge in [-0.25, -0.2) is 13.2 Å². The molecule has 0 bridgehead atoms. The number of benzene rings is 2. The van der Waals surface area contributed by atoms with Gasteiger partial charge in [-0.2, -0.15) is 0 Å². The highest BCUT2D eigenvalue weighted by Crippen LogP contribution is 2.23. The van der Waals surface area contributed by atoms with Gasteiger partial charge in [-0.15, -0.1) is 10.2 Å². The fourth-order valence-electron chi connectivity index (χ4n) is 1.88. The maximum Gasteiger partial charge on any atom is 0.277 e. The second kappa shape index (κ2) is 7.39. The van der Waals surface area contributed by atoms with E-state index in [0.717, 1.165) is 23.9 Å². The molecule has 3 rings (SSSR count). The molecule has 3 aromatic rings. The van der Waals surface area contributed by atoms with Crippen molar-refractivity contribution in [3.05, 3.63) is 59.9 Å². The van der Waals surface area contributed by atoms with E-state index < -0.39 is 17.5 Å². The average Bonchev–Trinajstić information content (AvgIpc) is 3.05. The van der Waals surface area contributed by atoms with Crippen LogP contribution in [0.1, 0.15) is 0 Å². The largest absolute Gasteiger partial charge is 0.411 e. The number of hydrogen-bond acceptors (Lipinski definition) is 5. The van der Waals surface area contributed by atoms with Gasteiger partial charge in [0, 0.05) is 11.6 Å². The van der Waals surface area contributed by atoms with Crippen molar-refractivity contribution in [3.8, 4) is 11.5 Å². The van der Waals surface area contributed by atoms with Crippen LogP contribution in [0.4, 0.5) is 18.9 Å². The van der Waals surface area contributed by atoms with E-state index in [1.807, 2.05) is 0 Å². The number of carbonyl (C=O) groups is 1. The summed E-state index contributed by atoms with van der Waals surface area (Å²) in [7, 11) is 0. The second-order valence-corrected chi connectivity index (χ2v) is 5.77. The van der Waals surface area contributed by atoms with Crippen molar-refractivity contribution in [2.45, 2.75) is 5.22 Å². The fraction of sp³-hybridized carbons (Fsp3) is 0.0625. The molecular formula is C16H10F3N3O2S. The van der Waals surface area contributed by atoms with E-state index in [2.05, 4.69) is 15.5 Å². The summed E-state index contributed by atoms with van der Waals surface area (Å²) >= 11 is 0.953. The third-order valence-corrected chi connectivity index (χ3v) is 3.85. The Morgan fingerprint density at radius 3 is 2.48 bits per heavy atom. The first-order valence-electron chi connectivity index (χ1n) is 6.98. The molecule has 0 unspecified atom stereocenters. The first-order valence-corrected chi connectivity index (χ1v) is 7.97. The highest BCUT2D eigenvalue weighted by atomic mass is 32.2. The Balaban J connectivity index is 1.58. The van der Waals surface area contributed by atoms with Crippen molar-refractivity contribution in [1.82, 2.24) is 10.2 Å². The molecule has 1 aromatic heterocycles. The standard InChI is InChI=1S/C16H10F3N3O2S/c17-10-3-1-9(2-4-10)15-21-22-16(24-15)25-8-14(23)20-13-6-5-11(18)7-12(13)19/h1-7H,8H2,(H,20,23). The van der Waals surface area contributed by atoms with E-state index in [9.17, 15) is 18.0 Å². The zero-order chi connectivity index (χ0) is 17.8. The molecule has 0 radical (unpaired) electrons. The number of anilines is 1. The van der Waals surface area contributed by atoms with Gasteiger partial charge in [0.1, 0.15) is 17.5 Å². The van der Waals surface area contributed by atoms with E-state index in [0.29, 0.717) is 11.6 Å². The van der Waals surface area contributed by atoms with E-state index >= 15 is 0 Å². The molecule has 0 fully saturated rings. The van der Waals surface area contributed by atoms with Gasteiger partial charge < -0.3 is 9.73 Å². The first kappa shape index (κ1) is 17.0. The number of hydrogen-bond donors (Lipinski definition) is 1. The lowest BCUT2D eigenvalue weighted by atomic mass is 10.2. The number of rotatable bonds is 5. The third-order valence-electron chi connectivity index (χ3n) is 3.03. The first-order chi connectivity index (χ1) is 12.0. The molecule has 0 aliphatic heterocycles. The van der Waals surface area contributed by atoms with Crippen molar-refractivity contribution in [1.29, 1.82) is 0 Å². The lowest BCUT2D eigenvalue weighted by Crippen LogP contribution is -2.15. The number of amides is 1. The van der Waals surface area contributed by atoms with E-state index in [-0.39, 0.29) is 28.4 Å². The molecule has 1 N–H and O–H groups in total. The molecule has 2 aromatic carbocycles. The van der Waals surface area contributed by atoms with Crippen molar-refractivity contribution < 1.29 is 22.4 Å². The summed E-state index contributed by atoms with van der Waals surface area (Å²) in [5.74, 6) is -2.42. The molecule has 0 atom stereocenters. The number of halogens is 3. The molecular weight excluding hydrogens is 355 g/mol. The minimum atomic E-state index is -0.866. The Hall–Kier alpha value is -2.81. The van der Waals surface area contributed by atoms with Gasteiger partial charge in [0.05, 0.1) is 11.4 Å². The lowest BCUT2D eigenvalue weighted by Gasteiger charge is -2.05. The smallest absolute Gasteiger partial charge is 0.277 e. The van der Waals surface area contributed by atoms with Crippen LogP contribution in [-0.4, -0.2) is 21.9 Å². The Bertz CT molecular complexity index is 900. The van der Waals surface area contributed by atoms with E-state index in [1.54, 1.807) is 0 Å². The van der Waals surface area contributed by atoms with Gasteiger partial charge in [-0.1, -0.05) is 11.8 Å². The molecule has 25 heavy (non-hydrogen) atoms. The Morgan fingerprint density at radius 1 is 1.04 bits per heavy atom. The quantitative estimate of drug-likeness (QED) is 0.695. The zero-order valence-corrected chi connectivity index (χ0v) is 13.3. The molecule has 1 heterocycles. The Morgan fingerprint density at radius 2 is 1.76 bits per heavy atom. The summed E-state index contributed by atoms with van der Waals surface area (Å²) < 4.78 is 44.5. The summed E-state index contributed by atoms with van der Waals surface area (Å²) in [4.78, 5) is 11.8. The van der Waals surface area contributed by atoms with Crippen LogP contribution in [0.25, 0.3) is 11.5 Å². The van der Waals surface area contributed by atoms with Crippen LogP contribution in [0.3, 0.4) is 0 Å². The predicted octanol–water partition coefficient (Wildman–Crippen LogP) is 3.88. The SMILES string of the molecule is O=C(CSc1nnc(-c2ccc(F)cc2)o1)Nc1ccc(F)cc1F. The minimum absolute atomic E-state index is 0.109. The topological polar surface area (TPSA) is 68.0 Å². The van der Waals surface area contributed by atoms with Crippen LogP contribution in [0, 0.1) is 17.5 Å². The van der Waals surface area contributed by atoms with Gasteiger partial charge in [-0.3, -0.25) is 4.79 Å². The van der Waals surface area contributed by atoms with Gasteiger partial charge in [0.25, 0.3) is 5.22 Å². The van der Waals surface area contributed by atoms with Crippen LogP contribution in [-0.2, 0) is 4.79 Å². The van der Waals surface area contributed by atoms with Gasteiger partial charge in [0.15, 0.2) is 0 Å². The molecule has 5 nitrogen and oxygen atoms in total. The second-order valence-electron chi connectivity index (χ2n) is 4.84. The molecule has 0 saturated carbocycles. The maximum atomic E-state index is 13.5. The number of aromatic nitrogens is 2. The van der Waals surface area contributed by atoms with Crippen LogP contribution in [0.2, 0.25) is 0 Å². The number of carbonyl (C=O) groups excluding carboxylic acids is 1. The summed E-state index contributed by atoms with van der Waals surface area (Å²) in [6.07, 6.45) is 0. The lowest BCUT2D eigenvalue weighted by molar-refractivity contribution is -0.113. The molecule has 0 spiro atoms. The normalized spacial score (nSPS) is 10.7. The zero-order valence-electron chi connectivity index (χ0n) is 12.5. The molecule has 1 amide bonds. The Kier molecular flexibility index (Phi) is 5.03. The van der Waals surface area contributed by atoms with Crippen LogP contribution < -0.4 is 5.32 Å². The van der Waals surface area contributed by atoms with E-state index in [4.69, 9.17) is 4.42 Å². The fourth-order valence-corrected chi connectivity index (χ4v) is 2.44. The average molecular weight is 365 g/mol. The van der Waals surface area contributed by atoms with Crippen LogP contribution in [0.15, 0.2) is 52.1 Å². The molecule has 128 valence electrons. The van der Waals surface area contributed by atoms with Crippen molar-refractivity contribution in [2.75, 3.05) is 11.1 Å². The highest BCUT2D eigenvalue weighted by molar-refractivity contribution is 7.99. The highest BCUT2D eigenvalue weighted by Gasteiger charge is 2.13. The van der Waals surface area contributed by atoms with Gasteiger partial charge >= 0.3 is 0 Å². The molecule has 0 saturated heterocycles. The van der Waals surface area contributed by atoms with Crippen molar-refractivity contribution in [3.63, 3.8) is 0 Å². The predicted molar refractivity (Wildman–Crippen MR) is 85.4 cm³/mol. The number of nitrogens with zero attached hydrogens (tertiary/aromatic N) is 2. The van der Waals surface area contributed by atoms with Crippen molar-refractivity contribution in [2.24, 2.45) is 0 Å². The molecule has 0 aliphatic rings. The van der Waals surface area contributed by atoms with E-state index in [1.165, 1.54) is 24.3 Å². The van der Waals surface area contributed by atoms with Crippen molar-refractivity contribution >= 4 is 23.4 Å². The molecule has 0 aliphatic carbocycles. The summed E-state index contributed by atoms with van der Waals surface area (Å²) in [6.45, 7) is 0.